The first kappa shape index (κ1) is 11.3. The lowest BCUT2D eigenvalue weighted by molar-refractivity contribution is 0.279. The van der Waals surface area contributed by atoms with Crippen LogP contribution in [-0.4, -0.2) is 12.1 Å². The van der Waals surface area contributed by atoms with Crippen LogP contribution in [-0.2, 0) is 0 Å². The largest absolute Gasteiger partial charge is 0.492 e. The van der Waals surface area contributed by atoms with Crippen molar-refractivity contribution in [2.24, 2.45) is 5.73 Å². The molecule has 0 aliphatic heterocycles. The lowest BCUT2D eigenvalue weighted by Gasteiger charge is -2.10. The Kier molecular flexibility index (Phi) is 3.34. The molecule has 1 aromatic carbocycles. The fraction of sp³-hybridized carbons (Fsp3) is 0.400. The average molecular weight is 218 g/mol. The van der Waals surface area contributed by atoms with Crippen LogP contribution in [0.15, 0.2) is 24.3 Å². The minimum Gasteiger partial charge on any atom is -0.492 e. The van der Waals surface area contributed by atoms with Gasteiger partial charge in [0.05, 0.1) is 5.54 Å². The van der Waals surface area contributed by atoms with E-state index in [0.29, 0.717) is 12.4 Å². The summed E-state index contributed by atoms with van der Waals surface area (Å²) < 4.78 is 17.9. The highest BCUT2D eigenvalue weighted by molar-refractivity contribution is 5.85. The molecule has 2 N–H and O–H groups in total. The summed E-state index contributed by atoms with van der Waals surface area (Å²) >= 11 is 0. The van der Waals surface area contributed by atoms with Crippen molar-refractivity contribution in [3.05, 3.63) is 30.1 Å². The summed E-state index contributed by atoms with van der Waals surface area (Å²) in [6, 6.07) is 5.99. The summed E-state index contributed by atoms with van der Waals surface area (Å²) in [6.45, 7) is 0.526. The minimum atomic E-state index is -0.249. The molecule has 2 rings (SSSR count). The van der Waals surface area contributed by atoms with E-state index in [4.69, 9.17) is 10.5 Å². The maximum atomic E-state index is 12.5. The van der Waals surface area contributed by atoms with Crippen LogP contribution >= 0.6 is 12.4 Å². The predicted molar refractivity (Wildman–Crippen MR) is 55.3 cm³/mol. The van der Waals surface area contributed by atoms with Crippen LogP contribution in [0.5, 0.6) is 5.75 Å². The van der Waals surface area contributed by atoms with Crippen molar-refractivity contribution in [2.75, 3.05) is 6.61 Å². The van der Waals surface area contributed by atoms with Crippen molar-refractivity contribution >= 4 is 12.4 Å². The third kappa shape index (κ3) is 2.86. The Hall–Kier alpha value is -0.800. The van der Waals surface area contributed by atoms with Crippen LogP contribution in [0.3, 0.4) is 0 Å². The molecule has 1 aliphatic rings. The number of nitrogens with two attached hydrogens (primary N) is 1. The Morgan fingerprint density at radius 3 is 2.36 bits per heavy atom. The standard InChI is InChI=1S/C10H12FNO.ClH/c11-8-1-3-9(4-2-8)13-7-10(12)5-6-10;/h1-4H,5-7,12H2;1H. The van der Waals surface area contributed by atoms with Crippen LogP contribution in [0.4, 0.5) is 4.39 Å². The zero-order chi connectivity index (χ0) is 9.31. The Bertz CT molecular complexity index is 297. The molecule has 0 aromatic heterocycles. The maximum absolute atomic E-state index is 12.5. The van der Waals surface area contributed by atoms with Crippen LogP contribution in [0.2, 0.25) is 0 Å². The van der Waals surface area contributed by atoms with E-state index in [9.17, 15) is 4.39 Å². The molecule has 14 heavy (non-hydrogen) atoms. The molecule has 0 atom stereocenters. The summed E-state index contributed by atoms with van der Waals surface area (Å²) in [7, 11) is 0. The number of hydrogen-bond donors (Lipinski definition) is 1. The summed E-state index contributed by atoms with van der Waals surface area (Å²) in [5.74, 6) is 0.430. The Morgan fingerprint density at radius 1 is 1.29 bits per heavy atom. The molecule has 0 heterocycles. The molecule has 0 radical (unpaired) electrons. The average Bonchev–Trinajstić information content (AvgIpc) is 2.84. The molecular weight excluding hydrogens is 205 g/mol. The third-order valence-corrected chi connectivity index (χ3v) is 2.23. The van der Waals surface area contributed by atoms with Crippen molar-refractivity contribution in [1.82, 2.24) is 0 Å². The highest BCUT2D eigenvalue weighted by atomic mass is 35.5. The first-order chi connectivity index (χ1) is 6.18. The lowest BCUT2D eigenvalue weighted by Crippen LogP contribution is -2.29. The first-order valence-corrected chi connectivity index (χ1v) is 4.35. The van der Waals surface area contributed by atoms with Crippen molar-refractivity contribution in [1.29, 1.82) is 0 Å². The molecule has 1 aliphatic carbocycles. The van der Waals surface area contributed by atoms with E-state index < -0.39 is 0 Å². The molecule has 0 bridgehead atoms. The molecule has 1 fully saturated rings. The second-order valence-corrected chi connectivity index (χ2v) is 3.60. The van der Waals surface area contributed by atoms with Gasteiger partial charge < -0.3 is 10.5 Å². The van der Waals surface area contributed by atoms with Crippen molar-refractivity contribution in [2.45, 2.75) is 18.4 Å². The fourth-order valence-corrected chi connectivity index (χ4v) is 1.06. The first-order valence-electron chi connectivity index (χ1n) is 4.35. The molecule has 4 heteroatoms. The van der Waals surface area contributed by atoms with Crippen LogP contribution in [0.1, 0.15) is 12.8 Å². The van der Waals surface area contributed by atoms with E-state index in [1.807, 2.05) is 0 Å². The number of ether oxygens (including phenoxy) is 1. The van der Waals surface area contributed by atoms with Gasteiger partial charge in [0.25, 0.3) is 0 Å². The number of halogens is 2. The van der Waals surface area contributed by atoms with Crippen LogP contribution in [0.25, 0.3) is 0 Å². The number of rotatable bonds is 3. The molecule has 2 nitrogen and oxygen atoms in total. The van der Waals surface area contributed by atoms with Gasteiger partial charge in [-0.15, -0.1) is 12.4 Å². The Morgan fingerprint density at radius 2 is 1.86 bits per heavy atom. The molecule has 1 aromatic rings. The topological polar surface area (TPSA) is 35.2 Å². The summed E-state index contributed by atoms with van der Waals surface area (Å²) in [6.07, 6.45) is 2.04. The van der Waals surface area contributed by atoms with Gasteiger partial charge in [-0.2, -0.15) is 0 Å². The second kappa shape index (κ2) is 4.15. The van der Waals surface area contributed by atoms with E-state index in [1.54, 1.807) is 12.1 Å². The SMILES string of the molecule is Cl.NC1(COc2ccc(F)cc2)CC1. The van der Waals surface area contributed by atoms with Crippen molar-refractivity contribution in [3.63, 3.8) is 0 Å². The Labute approximate surface area is 88.7 Å². The van der Waals surface area contributed by atoms with Gasteiger partial charge in [-0.05, 0) is 37.1 Å². The smallest absolute Gasteiger partial charge is 0.123 e. The third-order valence-electron chi connectivity index (χ3n) is 2.23. The van der Waals surface area contributed by atoms with E-state index in [2.05, 4.69) is 0 Å². The highest BCUT2D eigenvalue weighted by Gasteiger charge is 2.39. The van der Waals surface area contributed by atoms with Gasteiger partial charge in [-0.25, -0.2) is 4.39 Å². The monoisotopic (exact) mass is 217 g/mol. The summed E-state index contributed by atoms with van der Waals surface area (Å²) in [4.78, 5) is 0. The zero-order valence-electron chi connectivity index (χ0n) is 7.70. The van der Waals surface area contributed by atoms with Gasteiger partial charge in [0.2, 0.25) is 0 Å². The van der Waals surface area contributed by atoms with E-state index in [1.165, 1.54) is 12.1 Å². The van der Waals surface area contributed by atoms with E-state index in [0.717, 1.165) is 12.8 Å². The molecular formula is C10H13ClFNO. The van der Waals surface area contributed by atoms with Gasteiger partial charge in [-0.1, -0.05) is 0 Å². The van der Waals surface area contributed by atoms with Gasteiger partial charge in [0.1, 0.15) is 18.2 Å². The molecule has 0 saturated heterocycles. The van der Waals surface area contributed by atoms with Gasteiger partial charge in [0.15, 0.2) is 0 Å². The highest BCUT2D eigenvalue weighted by Crippen LogP contribution is 2.32. The molecule has 0 amide bonds. The van der Waals surface area contributed by atoms with Crippen LogP contribution < -0.4 is 10.5 Å². The van der Waals surface area contributed by atoms with E-state index in [-0.39, 0.29) is 23.8 Å². The van der Waals surface area contributed by atoms with E-state index >= 15 is 0 Å². The predicted octanol–water partition coefficient (Wildman–Crippen LogP) is 2.12. The quantitative estimate of drug-likeness (QED) is 0.842. The van der Waals surface area contributed by atoms with Crippen LogP contribution in [0, 0.1) is 5.82 Å². The minimum absolute atomic E-state index is 0. The maximum Gasteiger partial charge on any atom is 0.123 e. The Balaban J connectivity index is 0.000000980. The lowest BCUT2D eigenvalue weighted by atomic mass is 10.3. The number of hydrogen-bond acceptors (Lipinski definition) is 2. The zero-order valence-corrected chi connectivity index (χ0v) is 8.52. The molecule has 1 saturated carbocycles. The van der Waals surface area contributed by atoms with Gasteiger partial charge in [-0.3, -0.25) is 0 Å². The molecule has 0 unspecified atom stereocenters. The number of benzene rings is 1. The summed E-state index contributed by atoms with van der Waals surface area (Å²) in [5, 5.41) is 0. The second-order valence-electron chi connectivity index (χ2n) is 3.60. The summed E-state index contributed by atoms with van der Waals surface area (Å²) in [5.41, 5.74) is 5.71. The van der Waals surface area contributed by atoms with Crippen molar-refractivity contribution < 1.29 is 9.13 Å². The fourth-order valence-electron chi connectivity index (χ4n) is 1.06. The van der Waals surface area contributed by atoms with Gasteiger partial charge in [0, 0.05) is 0 Å². The molecule has 78 valence electrons. The molecule has 0 spiro atoms. The van der Waals surface area contributed by atoms with Gasteiger partial charge >= 0.3 is 0 Å². The normalized spacial score (nSPS) is 17.0. The van der Waals surface area contributed by atoms with Crippen molar-refractivity contribution in [3.8, 4) is 5.75 Å².